The maximum Gasteiger partial charge on any atom is 0.170 e. The van der Waals surface area contributed by atoms with Gasteiger partial charge in [-0.25, -0.2) is 5.84 Å². The van der Waals surface area contributed by atoms with Crippen LogP contribution in [-0.2, 0) is 0 Å². The molecule has 2 nitrogen and oxygen atoms in total. The van der Waals surface area contributed by atoms with Crippen LogP contribution in [0.1, 0.15) is 25.7 Å². The predicted molar refractivity (Wildman–Crippen MR) is 33.8 cm³/mol. The molecule has 0 atom stereocenters. The summed E-state index contributed by atoms with van der Waals surface area (Å²) in [7, 11) is 0. The summed E-state index contributed by atoms with van der Waals surface area (Å²) in [4.78, 5) is 0. The first-order valence-electron chi connectivity index (χ1n) is 3.24. The Kier molecular flexibility index (Phi) is 1.89. The molecule has 1 aliphatic heterocycles. The normalized spacial score (nSPS) is 21.8. The highest BCUT2D eigenvalue weighted by Gasteiger charge is 2.01. The van der Waals surface area contributed by atoms with Crippen LogP contribution in [0.4, 0.5) is 0 Å². The number of hydrazine groups is 1. The highest BCUT2D eigenvalue weighted by atomic mass is 15.3. The molecular weight excluding hydrogens is 100 g/mol. The minimum absolute atomic E-state index is 1.04. The van der Waals surface area contributed by atoms with Crippen molar-refractivity contribution in [3.8, 4) is 0 Å². The van der Waals surface area contributed by atoms with Gasteiger partial charge in [-0.05, 0) is 12.8 Å². The van der Waals surface area contributed by atoms with Crippen LogP contribution in [0.5, 0.6) is 0 Å². The summed E-state index contributed by atoms with van der Waals surface area (Å²) in [6, 6.07) is 0. The van der Waals surface area contributed by atoms with E-state index in [-0.39, 0.29) is 0 Å². The van der Waals surface area contributed by atoms with E-state index in [0.29, 0.717) is 0 Å². The fourth-order valence-electron chi connectivity index (χ4n) is 0.964. The summed E-state index contributed by atoms with van der Waals surface area (Å²) in [6.07, 6.45) is 7.15. The highest BCUT2D eigenvalue weighted by molar-refractivity contribution is 5.50. The van der Waals surface area contributed by atoms with Gasteiger partial charge in [0.2, 0.25) is 0 Å². The molecule has 0 saturated heterocycles. The molecule has 0 fully saturated rings. The molecule has 1 aliphatic rings. The largest absolute Gasteiger partial charge is 0.211 e. The standard InChI is InChI=1S/C6H13N2/c7-8-5-3-1-2-4-6-8/h5H,1-4,6-7H2/q+1. The topological polar surface area (TPSA) is 29.0 Å². The van der Waals surface area contributed by atoms with Gasteiger partial charge in [-0.2, -0.15) is 0 Å². The molecule has 46 valence electrons. The van der Waals surface area contributed by atoms with E-state index in [1.54, 1.807) is 4.68 Å². The number of nitrogens with two attached hydrogens (primary N) is 1. The van der Waals surface area contributed by atoms with Gasteiger partial charge in [0.05, 0.1) is 0 Å². The molecule has 1 heterocycles. The minimum Gasteiger partial charge on any atom is -0.211 e. The maximum absolute atomic E-state index is 5.51. The van der Waals surface area contributed by atoms with Crippen molar-refractivity contribution in [2.75, 3.05) is 6.54 Å². The van der Waals surface area contributed by atoms with E-state index in [1.807, 2.05) is 0 Å². The maximum atomic E-state index is 5.51. The van der Waals surface area contributed by atoms with Crippen molar-refractivity contribution >= 4 is 6.21 Å². The van der Waals surface area contributed by atoms with Crippen LogP contribution in [0, 0.1) is 0 Å². The molecule has 2 N–H and O–H groups in total. The average molecular weight is 113 g/mol. The van der Waals surface area contributed by atoms with E-state index in [4.69, 9.17) is 5.84 Å². The summed E-state index contributed by atoms with van der Waals surface area (Å²) < 4.78 is 1.80. The summed E-state index contributed by atoms with van der Waals surface area (Å²) in [5.74, 6) is 5.51. The Morgan fingerprint density at radius 2 is 2.12 bits per heavy atom. The molecule has 0 aliphatic carbocycles. The lowest BCUT2D eigenvalue weighted by molar-refractivity contribution is -0.535. The Hall–Kier alpha value is -0.530. The van der Waals surface area contributed by atoms with E-state index in [1.165, 1.54) is 19.3 Å². The van der Waals surface area contributed by atoms with Gasteiger partial charge in [-0.1, -0.05) is 0 Å². The monoisotopic (exact) mass is 113 g/mol. The summed E-state index contributed by atoms with van der Waals surface area (Å²) in [5, 5.41) is 0. The Morgan fingerprint density at radius 3 is 3.00 bits per heavy atom. The molecule has 0 aromatic heterocycles. The number of rotatable bonds is 0. The first kappa shape index (κ1) is 5.60. The van der Waals surface area contributed by atoms with Gasteiger partial charge in [0.1, 0.15) is 0 Å². The van der Waals surface area contributed by atoms with Crippen LogP contribution in [0.2, 0.25) is 0 Å². The zero-order valence-electron chi connectivity index (χ0n) is 5.14. The van der Waals surface area contributed by atoms with Gasteiger partial charge in [0, 0.05) is 12.8 Å². The molecule has 0 saturated carbocycles. The lowest BCUT2D eigenvalue weighted by Crippen LogP contribution is -2.20. The first-order chi connectivity index (χ1) is 3.89. The smallest absolute Gasteiger partial charge is 0.170 e. The molecular formula is C6H13N2+. The van der Waals surface area contributed by atoms with Crippen molar-refractivity contribution in [1.29, 1.82) is 0 Å². The van der Waals surface area contributed by atoms with Crippen molar-refractivity contribution in [2.24, 2.45) is 5.84 Å². The Morgan fingerprint density at radius 1 is 1.25 bits per heavy atom. The van der Waals surface area contributed by atoms with Crippen molar-refractivity contribution < 1.29 is 4.68 Å². The Bertz CT molecular complexity index is 96.7. The lowest BCUT2D eigenvalue weighted by Gasteiger charge is -1.87. The average Bonchev–Trinajstić information content (AvgIpc) is 1.94. The van der Waals surface area contributed by atoms with Gasteiger partial charge < -0.3 is 0 Å². The molecule has 1 rings (SSSR count). The quantitative estimate of drug-likeness (QED) is 0.360. The third kappa shape index (κ3) is 1.52. The van der Waals surface area contributed by atoms with Crippen LogP contribution in [0.3, 0.4) is 0 Å². The van der Waals surface area contributed by atoms with Crippen molar-refractivity contribution in [1.82, 2.24) is 0 Å². The second-order valence-corrected chi connectivity index (χ2v) is 2.27. The SMILES string of the molecule is N[N+]1=CCCCCC1. The molecule has 0 aromatic carbocycles. The molecule has 0 amide bonds. The Balaban J connectivity index is 2.36. The third-order valence-corrected chi connectivity index (χ3v) is 1.48. The molecule has 0 aromatic rings. The van der Waals surface area contributed by atoms with Crippen LogP contribution >= 0.6 is 0 Å². The number of hydrazone groups is 1. The van der Waals surface area contributed by atoms with Gasteiger partial charge in [-0.15, -0.1) is 4.68 Å². The Labute approximate surface area is 50.0 Å². The zero-order valence-corrected chi connectivity index (χ0v) is 5.14. The minimum atomic E-state index is 1.04. The fraction of sp³-hybridized carbons (Fsp3) is 0.833. The second-order valence-electron chi connectivity index (χ2n) is 2.27. The zero-order chi connectivity index (χ0) is 5.82. The van der Waals surface area contributed by atoms with E-state index in [9.17, 15) is 0 Å². The molecule has 0 bridgehead atoms. The summed E-state index contributed by atoms with van der Waals surface area (Å²) >= 11 is 0. The molecule has 0 radical (unpaired) electrons. The summed E-state index contributed by atoms with van der Waals surface area (Å²) in [5.41, 5.74) is 0. The summed E-state index contributed by atoms with van der Waals surface area (Å²) in [6.45, 7) is 1.04. The van der Waals surface area contributed by atoms with Gasteiger partial charge in [-0.3, -0.25) is 0 Å². The predicted octanol–water partition coefficient (Wildman–Crippen LogP) is 0.517. The third-order valence-electron chi connectivity index (χ3n) is 1.48. The molecule has 8 heavy (non-hydrogen) atoms. The van der Waals surface area contributed by atoms with E-state index in [2.05, 4.69) is 6.21 Å². The fourth-order valence-corrected chi connectivity index (χ4v) is 0.964. The highest BCUT2D eigenvalue weighted by Crippen LogP contribution is 2.00. The van der Waals surface area contributed by atoms with E-state index >= 15 is 0 Å². The van der Waals surface area contributed by atoms with Gasteiger partial charge in [0.15, 0.2) is 12.8 Å². The van der Waals surface area contributed by atoms with Crippen LogP contribution < -0.4 is 5.84 Å². The van der Waals surface area contributed by atoms with Crippen molar-refractivity contribution in [3.05, 3.63) is 0 Å². The number of hydrogen-bond acceptors (Lipinski definition) is 1. The van der Waals surface area contributed by atoms with Crippen molar-refractivity contribution in [3.63, 3.8) is 0 Å². The molecule has 2 heteroatoms. The number of nitrogens with zero attached hydrogens (tertiary/aromatic N) is 1. The second kappa shape index (κ2) is 2.70. The van der Waals surface area contributed by atoms with Gasteiger partial charge in [0.25, 0.3) is 0 Å². The van der Waals surface area contributed by atoms with E-state index in [0.717, 1.165) is 13.0 Å². The van der Waals surface area contributed by atoms with Crippen molar-refractivity contribution in [2.45, 2.75) is 25.7 Å². The van der Waals surface area contributed by atoms with Crippen LogP contribution in [0.25, 0.3) is 0 Å². The molecule has 0 unspecified atom stereocenters. The first-order valence-corrected chi connectivity index (χ1v) is 3.24. The molecule has 0 spiro atoms. The van der Waals surface area contributed by atoms with Gasteiger partial charge >= 0.3 is 0 Å². The van der Waals surface area contributed by atoms with Crippen LogP contribution in [0.15, 0.2) is 0 Å². The lowest BCUT2D eigenvalue weighted by atomic mass is 10.2. The van der Waals surface area contributed by atoms with E-state index < -0.39 is 0 Å². The van der Waals surface area contributed by atoms with Crippen LogP contribution in [-0.4, -0.2) is 17.4 Å². The number of hydrogen-bond donors (Lipinski definition) is 1.